The Kier molecular flexibility index (Phi) is 7.75. The van der Waals surface area contributed by atoms with Crippen LogP contribution in [0.4, 0.5) is 0 Å². The molecule has 2 rings (SSSR count). The number of thiocarbonyl (C=S) groups is 1. The Balaban J connectivity index is 1.89. The smallest absolute Gasteiger partial charge is 0.269 e. The summed E-state index contributed by atoms with van der Waals surface area (Å²) in [6.45, 7) is 4.51. The molecule has 0 radical (unpaired) electrons. The molecule has 3 N–H and O–H groups in total. The number of aryl methyl sites for hydroxylation is 1. The van der Waals surface area contributed by atoms with Gasteiger partial charge in [0.25, 0.3) is 11.8 Å². The molecule has 0 bridgehead atoms. The first-order chi connectivity index (χ1) is 12.9. The summed E-state index contributed by atoms with van der Waals surface area (Å²) in [5.74, 6) is -0.0879. The number of hydrogen-bond donors (Lipinski definition) is 3. The van der Waals surface area contributed by atoms with Gasteiger partial charge in [0.2, 0.25) is 0 Å². The van der Waals surface area contributed by atoms with Gasteiger partial charge in [0.1, 0.15) is 5.75 Å². The van der Waals surface area contributed by atoms with Gasteiger partial charge >= 0.3 is 0 Å². The molecule has 0 atom stereocenters. The zero-order valence-corrected chi connectivity index (χ0v) is 17.4. The quantitative estimate of drug-likeness (QED) is 0.480. The number of amides is 2. The van der Waals surface area contributed by atoms with Crippen LogP contribution in [-0.2, 0) is 0 Å². The summed E-state index contributed by atoms with van der Waals surface area (Å²) < 4.78 is 6.23. The van der Waals surface area contributed by atoms with E-state index in [9.17, 15) is 9.59 Å². The van der Waals surface area contributed by atoms with Crippen LogP contribution in [0.2, 0.25) is 0 Å². The molecule has 0 saturated heterocycles. The molecule has 0 aromatic heterocycles. The minimum atomic E-state index is -0.403. The van der Waals surface area contributed by atoms with Crippen molar-refractivity contribution in [3.63, 3.8) is 0 Å². The first-order valence-corrected chi connectivity index (χ1v) is 9.51. The van der Waals surface area contributed by atoms with Crippen LogP contribution in [0.1, 0.15) is 39.6 Å². The van der Waals surface area contributed by atoms with Crippen LogP contribution in [0.25, 0.3) is 0 Å². The molecule has 6 nitrogen and oxygen atoms in total. The fourth-order valence-corrected chi connectivity index (χ4v) is 2.79. The number of hydrazine groups is 1. The van der Waals surface area contributed by atoms with Crippen LogP contribution >= 0.6 is 28.1 Å². The maximum Gasteiger partial charge on any atom is 0.269 e. The van der Waals surface area contributed by atoms with Crippen LogP contribution in [0, 0.1) is 6.92 Å². The minimum Gasteiger partial charge on any atom is -0.492 e. The number of halogens is 1. The third-order valence-electron chi connectivity index (χ3n) is 3.45. The van der Waals surface area contributed by atoms with Crippen LogP contribution in [0.5, 0.6) is 5.75 Å². The first kappa shape index (κ1) is 20.9. The summed E-state index contributed by atoms with van der Waals surface area (Å²) in [6, 6.07) is 12.1. The van der Waals surface area contributed by atoms with Crippen LogP contribution < -0.4 is 20.9 Å². The van der Waals surface area contributed by atoms with E-state index in [1.807, 2.05) is 19.9 Å². The van der Waals surface area contributed by atoms with Crippen molar-refractivity contribution in [2.75, 3.05) is 6.61 Å². The molecule has 0 aliphatic heterocycles. The van der Waals surface area contributed by atoms with E-state index in [2.05, 4.69) is 32.1 Å². The van der Waals surface area contributed by atoms with Crippen molar-refractivity contribution in [2.24, 2.45) is 0 Å². The van der Waals surface area contributed by atoms with E-state index in [1.165, 1.54) is 0 Å². The fourth-order valence-electron chi connectivity index (χ4n) is 2.15. The Hall–Kier alpha value is -2.45. The standard InChI is InChI=1S/C19H20BrN3O3S/c1-3-9-26-16-8-7-14(11-15(16)20)17(24)21-19(27)23-22-18(25)13-6-4-5-12(2)10-13/h4-8,10-11H,3,9H2,1-2H3,(H,22,25)(H2,21,23,24,27). The highest BCUT2D eigenvalue weighted by molar-refractivity contribution is 9.10. The summed E-state index contributed by atoms with van der Waals surface area (Å²) in [6.07, 6.45) is 0.892. The monoisotopic (exact) mass is 449 g/mol. The molecular formula is C19H20BrN3O3S. The van der Waals surface area contributed by atoms with Gasteiger partial charge in [-0.05, 0) is 71.8 Å². The largest absolute Gasteiger partial charge is 0.492 e. The molecule has 142 valence electrons. The molecule has 2 aromatic rings. The third kappa shape index (κ3) is 6.33. The maximum absolute atomic E-state index is 12.3. The molecule has 0 unspecified atom stereocenters. The van der Waals surface area contributed by atoms with Crippen molar-refractivity contribution in [1.82, 2.24) is 16.2 Å². The highest BCUT2D eigenvalue weighted by Gasteiger charge is 2.12. The van der Waals surface area contributed by atoms with E-state index in [4.69, 9.17) is 17.0 Å². The second-order valence-electron chi connectivity index (χ2n) is 5.73. The number of nitrogens with one attached hydrogen (secondary N) is 3. The average Bonchev–Trinajstić information content (AvgIpc) is 2.65. The highest BCUT2D eigenvalue weighted by atomic mass is 79.9. The average molecular weight is 450 g/mol. The lowest BCUT2D eigenvalue weighted by Crippen LogP contribution is -2.48. The molecule has 2 amide bonds. The predicted octanol–water partition coefficient (Wildman–Crippen LogP) is 3.50. The van der Waals surface area contributed by atoms with Crippen molar-refractivity contribution >= 4 is 45.1 Å². The second kappa shape index (κ2) is 10.0. The molecular weight excluding hydrogens is 430 g/mol. The number of benzene rings is 2. The van der Waals surface area contributed by atoms with Gasteiger partial charge in [0.05, 0.1) is 11.1 Å². The SMILES string of the molecule is CCCOc1ccc(C(=O)NC(=S)NNC(=O)c2cccc(C)c2)cc1Br. The Bertz CT molecular complexity index is 858. The molecule has 27 heavy (non-hydrogen) atoms. The number of carbonyl (C=O) groups is 2. The lowest BCUT2D eigenvalue weighted by molar-refractivity contribution is 0.0934. The van der Waals surface area contributed by atoms with E-state index < -0.39 is 5.91 Å². The van der Waals surface area contributed by atoms with E-state index in [0.29, 0.717) is 28.0 Å². The normalized spacial score (nSPS) is 10.0. The van der Waals surface area contributed by atoms with Gasteiger partial charge in [-0.15, -0.1) is 0 Å². The third-order valence-corrected chi connectivity index (χ3v) is 4.28. The highest BCUT2D eigenvalue weighted by Crippen LogP contribution is 2.26. The van der Waals surface area contributed by atoms with Crippen molar-refractivity contribution in [2.45, 2.75) is 20.3 Å². The van der Waals surface area contributed by atoms with E-state index in [1.54, 1.807) is 36.4 Å². The zero-order chi connectivity index (χ0) is 19.8. The Morgan fingerprint density at radius 1 is 1.07 bits per heavy atom. The molecule has 8 heteroatoms. The predicted molar refractivity (Wildman–Crippen MR) is 112 cm³/mol. The van der Waals surface area contributed by atoms with Gasteiger partial charge < -0.3 is 4.74 Å². The second-order valence-corrected chi connectivity index (χ2v) is 6.99. The minimum absolute atomic E-state index is 0.0107. The molecule has 2 aromatic carbocycles. The maximum atomic E-state index is 12.3. The van der Waals surface area contributed by atoms with Gasteiger partial charge in [-0.1, -0.05) is 24.6 Å². The Morgan fingerprint density at radius 2 is 1.81 bits per heavy atom. The van der Waals surface area contributed by atoms with Gasteiger partial charge in [-0.25, -0.2) is 0 Å². The summed E-state index contributed by atoms with van der Waals surface area (Å²) in [4.78, 5) is 24.3. The van der Waals surface area contributed by atoms with Gasteiger partial charge in [0.15, 0.2) is 5.11 Å². The number of ether oxygens (including phenoxy) is 1. The van der Waals surface area contributed by atoms with E-state index in [-0.39, 0.29) is 11.0 Å². The number of carbonyl (C=O) groups excluding carboxylic acids is 2. The molecule has 0 saturated carbocycles. The van der Waals surface area contributed by atoms with Crippen LogP contribution in [0.15, 0.2) is 46.9 Å². The lowest BCUT2D eigenvalue weighted by atomic mass is 10.1. The van der Waals surface area contributed by atoms with Crippen LogP contribution in [0.3, 0.4) is 0 Å². The number of hydrogen-bond acceptors (Lipinski definition) is 4. The first-order valence-electron chi connectivity index (χ1n) is 8.31. The lowest BCUT2D eigenvalue weighted by Gasteiger charge is -2.12. The molecule has 0 aliphatic rings. The summed E-state index contributed by atoms with van der Waals surface area (Å²) in [5.41, 5.74) is 6.83. The summed E-state index contributed by atoms with van der Waals surface area (Å²) in [5, 5.41) is 2.50. The van der Waals surface area contributed by atoms with Gasteiger partial charge in [0, 0.05) is 11.1 Å². The van der Waals surface area contributed by atoms with Crippen molar-refractivity contribution < 1.29 is 14.3 Å². The Labute approximate surface area is 171 Å². The number of rotatable bonds is 5. The summed E-state index contributed by atoms with van der Waals surface area (Å²) >= 11 is 8.43. The van der Waals surface area contributed by atoms with Crippen LogP contribution in [-0.4, -0.2) is 23.5 Å². The van der Waals surface area contributed by atoms with E-state index in [0.717, 1.165) is 12.0 Å². The fraction of sp³-hybridized carbons (Fsp3) is 0.211. The van der Waals surface area contributed by atoms with E-state index >= 15 is 0 Å². The van der Waals surface area contributed by atoms with Crippen molar-refractivity contribution in [3.05, 3.63) is 63.6 Å². The van der Waals surface area contributed by atoms with Gasteiger partial charge in [-0.3, -0.25) is 25.8 Å². The van der Waals surface area contributed by atoms with Crippen molar-refractivity contribution in [1.29, 1.82) is 0 Å². The molecule has 0 spiro atoms. The summed E-state index contributed by atoms with van der Waals surface area (Å²) in [7, 11) is 0. The molecule has 0 aliphatic carbocycles. The molecule has 0 fully saturated rings. The molecule has 0 heterocycles. The topological polar surface area (TPSA) is 79.5 Å². The zero-order valence-electron chi connectivity index (χ0n) is 15.0. The Morgan fingerprint density at radius 3 is 2.48 bits per heavy atom. The van der Waals surface area contributed by atoms with Gasteiger partial charge in [-0.2, -0.15) is 0 Å². The van der Waals surface area contributed by atoms with Crippen molar-refractivity contribution in [3.8, 4) is 5.75 Å².